The first-order valence-corrected chi connectivity index (χ1v) is 6.68. The van der Waals surface area contributed by atoms with Crippen molar-refractivity contribution in [3.8, 4) is 0 Å². The molecule has 3 nitrogen and oxygen atoms in total. The molecule has 0 saturated heterocycles. The van der Waals surface area contributed by atoms with E-state index >= 15 is 0 Å². The summed E-state index contributed by atoms with van der Waals surface area (Å²) in [4.78, 5) is 36.8. The summed E-state index contributed by atoms with van der Waals surface area (Å²) in [5.41, 5.74) is -0.526. The zero-order valence-corrected chi connectivity index (χ0v) is 12.0. The number of hydrogen-bond acceptors (Lipinski definition) is 3. The van der Waals surface area contributed by atoms with Crippen LogP contribution in [0.15, 0.2) is 60.7 Å². The molecule has 0 atom stereocenters. The lowest BCUT2D eigenvalue weighted by atomic mass is 9.68. The Morgan fingerprint density at radius 2 is 1.10 bits per heavy atom. The minimum atomic E-state index is -1.56. The van der Waals surface area contributed by atoms with Gasteiger partial charge in [-0.1, -0.05) is 60.7 Å². The van der Waals surface area contributed by atoms with Gasteiger partial charge >= 0.3 is 0 Å². The molecule has 2 aromatic rings. The van der Waals surface area contributed by atoms with Gasteiger partial charge in [-0.15, -0.1) is 0 Å². The third-order valence-corrected chi connectivity index (χ3v) is 3.60. The minimum absolute atomic E-state index is 0.361. The minimum Gasteiger partial charge on any atom is -0.298 e. The van der Waals surface area contributed by atoms with Gasteiger partial charge in [0.2, 0.25) is 5.78 Å². The molecule has 106 valence electrons. The summed E-state index contributed by atoms with van der Waals surface area (Å²) >= 11 is 0. The number of ketones is 3. The largest absolute Gasteiger partial charge is 0.298 e. The topological polar surface area (TPSA) is 51.2 Å². The van der Waals surface area contributed by atoms with Gasteiger partial charge in [0.1, 0.15) is 5.41 Å². The molecule has 21 heavy (non-hydrogen) atoms. The van der Waals surface area contributed by atoms with Crippen molar-refractivity contribution < 1.29 is 14.4 Å². The van der Waals surface area contributed by atoms with Crippen molar-refractivity contribution in [1.82, 2.24) is 0 Å². The fraction of sp³-hybridized carbons (Fsp3) is 0.167. The summed E-state index contributed by atoms with van der Waals surface area (Å²) in [7, 11) is 0. The van der Waals surface area contributed by atoms with Crippen molar-refractivity contribution in [3.63, 3.8) is 0 Å². The molecule has 0 unspecified atom stereocenters. The zero-order chi connectivity index (χ0) is 15.5. The first-order chi connectivity index (χ1) is 10.0. The number of hydrogen-bond donors (Lipinski definition) is 0. The van der Waals surface area contributed by atoms with Gasteiger partial charge in [-0.25, -0.2) is 0 Å². The van der Waals surface area contributed by atoms with Gasteiger partial charge in [-0.2, -0.15) is 0 Å². The Morgan fingerprint density at radius 1 is 0.714 bits per heavy atom. The van der Waals surface area contributed by atoms with Crippen molar-refractivity contribution in [2.24, 2.45) is 0 Å². The Balaban J connectivity index is 2.83. The van der Waals surface area contributed by atoms with Gasteiger partial charge in [0.15, 0.2) is 11.6 Å². The van der Waals surface area contributed by atoms with E-state index in [-0.39, 0.29) is 5.78 Å². The van der Waals surface area contributed by atoms with Gasteiger partial charge in [0.05, 0.1) is 0 Å². The second-order valence-electron chi connectivity index (χ2n) is 4.92. The van der Waals surface area contributed by atoms with Crippen LogP contribution in [-0.4, -0.2) is 17.3 Å². The van der Waals surface area contributed by atoms with Crippen molar-refractivity contribution in [2.45, 2.75) is 19.3 Å². The van der Waals surface area contributed by atoms with Crippen LogP contribution in [0.2, 0.25) is 0 Å². The number of Topliss-reactive ketones (excluding diaryl/α,β-unsaturated/α-hetero) is 3. The average Bonchev–Trinajstić information content (AvgIpc) is 2.49. The molecule has 3 heteroatoms. The molecule has 0 aliphatic heterocycles. The zero-order valence-electron chi connectivity index (χ0n) is 12.0. The maximum absolute atomic E-state index is 12.6. The molecule has 0 aliphatic rings. The van der Waals surface area contributed by atoms with Crippen LogP contribution in [0.4, 0.5) is 0 Å². The standard InChI is InChI=1S/C18H16O3/c1-13(19)17(21)18(14(2)20,15-9-5-3-6-10-15)16-11-7-4-8-12-16/h3-12H,1-2H3. The van der Waals surface area contributed by atoms with Crippen LogP contribution in [0.3, 0.4) is 0 Å². The lowest BCUT2D eigenvalue weighted by molar-refractivity contribution is -0.141. The quantitative estimate of drug-likeness (QED) is 0.625. The Hall–Kier alpha value is -2.55. The van der Waals surface area contributed by atoms with Gasteiger partial charge in [-0.3, -0.25) is 14.4 Å². The highest BCUT2D eigenvalue weighted by atomic mass is 16.2. The van der Waals surface area contributed by atoms with Crippen LogP contribution in [0.25, 0.3) is 0 Å². The molecule has 0 bridgehead atoms. The van der Waals surface area contributed by atoms with Gasteiger partial charge in [0.25, 0.3) is 0 Å². The van der Waals surface area contributed by atoms with E-state index in [9.17, 15) is 14.4 Å². The van der Waals surface area contributed by atoms with E-state index in [1.54, 1.807) is 60.7 Å². The molecule has 2 aromatic carbocycles. The predicted molar refractivity (Wildman–Crippen MR) is 80.0 cm³/mol. The molecule has 0 fully saturated rings. The first-order valence-electron chi connectivity index (χ1n) is 6.68. The number of rotatable bonds is 5. The average molecular weight is 280 g/mol. The molecule has 0 N–H and O–H groups in total. The smallest absolute Gasteiger partial charge is 0.220 e. The molecule has 0 aromatic heterocycles. The fourth-order valence-corrected chi connectivity index (χ4v) is 2.64. The van der Waals surface area contributed by atoms with Crippen LogP contribution in [0.1, 0.15) is 25.0 Å². The second kappa shape index (κ2) is 5.83. The Bertz CT molecular complexity index is 633. The molecular formula is C18H16O3. The normalized spacial score (nSPS) is 11.0. The summed E-state index contributed by atoms with van der Waals surface area (Å²) in [6.07, 6.45) is 0. The summed E-state index contributed by atoms with van der Waals surface area (Å²) in [5, 5.41) is 0. The monoisotopic (exact) mass is 280 g/mol. The molecule has 0 radical (unpaired) electrons. The molecule has 2 rings (SSSR count). The van der Waals surface area contributed by atoms with Crippen LogP contribution in [0.5, 0.6) is 0 Å². The number of carbonyl (C=O) groups excluding carboxylic acids is 3. The van der Waals surface area contributed by atoms with Crippen molar-refractivity contribution in [3.05, 3.63) is 71.8 Å². The molecule has 0 aliphatic carbocycles. The SMILES string of the molecule is CC(=O)C(=O)C(C(C)=O)(c1ccccc1)c1ccccc1. The van der Waals surface area contributed by atoms with Gasteiger partial charge in [0, 0.05) is 6.92 Å². The number of benzene rings is 2. The van der Waals surface area contributed by atoms with Gasteiger partial charge in [-0.05, 0) is 18.1 Å². The maximum Gasteiger partial charge on any atom is 0.220 e. The molecular weight excluding hydrogens is 264 g/mol. The Labute approximate surface area is 123 Å². The molecule has 0 spiro atoms. The predicted octanol–water partition coefficient (Wildman–Crippen LogP) is 2.72. The maximum atomic E-state index is 12.6. The summed E-state index contributed by atoms with van der Waals surface area (Å²) < 4.78 is 0. The van der Waals surface area contributed by atoms with E-state index in [1.807, 2.05) is 0 Å². The summed E-state index contributed by atoms with van der Waals surface area (Å²) in [6.45, 7) is 2.55. The van der Waals surface area contributed by atoms with Crippen LogP contribution >= 0.6 is 0 Å². The van der Waals surface area contributed by atoms with Crippen molar-refractivity contribution in [2.75, 3.05) is 0 Å². The van der Waals surface area contributed by atoms with E-state index in [0.29, 0.717) is 11.1 Å². The van der Waals surface area contributed by atoms with E-state index < -0.39 is 17.0 Å². The lowest BCUT2D eigenvalue weighted by Crippen LogP contribution is -2.46. The highest BCUT2D eigenvalue weighted by Gasteiger charge is 2.47. The first kappa shape index (κ1) is 14.9. The molecule has 0 saturated carbocycles. The summed E-state index contributed by atoms with van der Waals surface area (Å²) in [6, 6.07) is 17.4. The number of carbonyl (C=O) groups is 3. The second-order valence-corrected chi connectivity index (χ2v) is 4.92. The lowest BCUT2D eigenvalue weighted by Gasteiger charge is -2.30. The van der Waals surface area contributed by atoms with Crippen LogP contribution in [-0.2, 0) is 19.8 Å². The highest BCUT2D eigenvalue weighted by molar-refractivity contribution is 6.45. The Morgan fingerprint density at radius 3 is 1.38 bits per heavy atom. The third-order valence-electron chi connectivity index (χ3n) is 3.60. The van der Waals surface area contributed by atoms with E-state index in [1.165, 1.54) is 13.8 Å². The van der Waals surface area contributed by atoms with Crippen LogP contribution in [0, 0.1) is 0 Å². The fourth-order valence-electron chi connectivity index (χ4n) is 2.64. The van der Waals surface area contributed by atoms with Gasteiger partial charge < -0.3 is 0 Å². The Kier molecular flexibility index (Phi) is 4.13. The van der Waals surface area contributed by atoms with Crippen molar-refractivity contribution in [1.29, 1.82) is 0 Å². The van der Waals surface area contributed by atoms with E-state index in [0.717, 1.165) is 0 Å². The third kappa shape index (κ3) is 2.42. The molecule has 0 heterocycles. The van der Waals surface area contributed by atoms with Crippen molar-refractivity contribution >= 4 is 17.3 Å². The van der Waals surface area contributed by atoms with E-state index in [4.69, 9.17) is 0 Å². The highest BCUT2D eigenvalue weighted by Crippen LogP contribution is 2.34. The summed E-state index contributed by atoms with van der Waals surface area (Å²) in [5.74, 6) is -1.69. The molecule has 0 amide bonds. The van der Waals surface area contributed by atoms with Crippen LogP contribution < -0.4 is 0 Å². The van der Waals surface area contributed by atoms with E-state index in [2.05, 4.69) is 0 Å².